The third kappa shape index (κ3) is 2.32. The van der Waals surface area contributed by atoms with E-state index in [2.05, 4.69) is 11.1 Å². The third-order valence-corrected chi connectivity index (χ3v) is 3.76. The maximum absolute atomic E-state index is 11.8. The average Bonchev–Trinajstić information content (AvgIpc) is 2.53. The van der Waals surface area contributed by atoms with Crippen LogP contribution in [0.25, 0.3) is 0 Å². The normalized spacial score (nSPS) is 16.9. The monoisotopic (exact) mass is 278 g/mol. The molecule has 5 heteroatoms. The molecule has 0 spiro atoms. The lowest BCUT2D eigenvalue weighted by molar-refractivity contribution is -0.119. The fourth-order valence-electron chi connectivity index (χ4n) is 2.71. The molecule has 104 valence electrons. The van der Waals surface area contributed by atoms with E-state index in [9.17, 15) is 10.1 Å². The Labute approximate surface area is 122 Å². The van der Waals surface area contributed by atoms with Crippen molar-refractivity contribution in [2.24, 2.45) is 5.73 Å². The number of carbonyl (C=O) groups excluding carboxylic acids is 1. The highest BCUT2D eigenvalue weighted by atomic mass is 16.1. The summed E-state index contributed by atoms with van der Waals surface area (Å²) in [6, 6.07) is 13.0. The number of hydrogen-bond donors (Lipinski definition) is 1. The van der Waals surface area contributed by atoms with E-state index in [-0.39, 0.29) is 0 Å². The predicted octanol–water partition coefficient (Wildman–Crippen LogP) is 1.37. The summed E-state index contributed by atoms with van der Waals surface area (Å²) < 4.78 is 0. The Morgan fingerprint density at radius 3 is 2.76 bits per heavy atom. The van der Waals surface area contributed by atoms with Crippen molar-refractivity contribution in [1.82, 2.24) is 4.98 Å². The molecule has 0 bridgehead atoms. The summed E-state index contributed by atoms with van der Waals surface area (Å²) in [4.78, 5) is 17.9. The molecule has 1 aliphatic heterocycles. The SMILES string of the molecule is N#Cc1cccnc1N1Cc2ccccc2C[C@H]1C(N)=O. The number of fused-ring (bicyclic) bond motifs is 1. The molecular weight excluding hydrogens is 264 g/mol. The summed E-state index contributed by atoms with van der Waals surface area (Å²) in [6.07, 6.45) is 2.15. The molecule has 2 heterocycles. The largest absolute Gasteiger partial charge is 0.368 e. The summed E-state index contributed by atoms with van der Waals surface area (Å²) in [5.41, 5.74) is 8.25. The van der Waals surface area contributed by atoms with Crippen LogP contribution in [0, 0.1) is 11.3 Å². The van der Waals surface area contributed by atoms with Gasteiger partial charge in [0.25, 0.3) is 0 Å². The maximum atomic E-state index is 11.8. The fourth-order valence-corrected chi connectivity index (χ4v) is 2.71. The Kier molecular flexibility index (Phi) is 3.28. The number of carbonyl (C=O) groups is 1. The van der Waals surface area contributed by atoms with Crippen molar-refractivity contribution in [1.29, 1.82) is 5.26 Å². The first-order valence-electron chi connectivity index (χ1n) is 6.68. The van der Waals surface area contributed by atoms with Crippen LogP contribution in [0.2, 0.25) is 0 Å². The molecule has 2 N–H and O–H groups in total. The molecule has 21 heavy (non-hydrogen) atoms. The summed E-state index contributed by atoms with van der Waals surface area (Å²) in [6.45, 7) is 0.523. The van der Waals surface area contributed by atoms with Gasteiger partial charge in [-0.3, -0.25) is 4.79 Å². The second-order valence-electron chi connectivity index (χ2n) is 5.01. The molecule has 1 aromatic heterocycles. The summed E-state index contributed by atoms with van der Waals surface area (Å²) >= 11 is 0. The highest BCUT2D eigenvalue weighted by molar-refractivity contribution is 5.85. The lowest BCUT2D eigenvalue weighted by atomic mass is 9.93. The number of pyridine rings is 1. The van der Waals surface area contributed by atoms with Crippen LogP contribution in [0.15, 0.2) is 42.6 Å². The van der Waals surface area contributed by atoms with E-state index in [4.69, 9.17) is 5.73 Å². The molecule has 0 fully saturated rings. The van der Waals surface area contributed by atoms with E-state index in [1.165, 1.54) is 0 Å². The van der Waals surface area contributed by atoms with Crippen molar-refractivity contribution < 1.29 is 4.79 Å². The standard InChI is InChI=1S/C16H14N4O/c17-9-12-6-3-7-19-16(12)20-10-13-5-2-1-4-11(13)8-14(20)15(18)21/h1-7,14H,8,10H2,(H2,18,21)/t14-/m0/s1. The second-order valence-corrected chi connectivity index (χ2v) is 5.01. The first-order chi connectivity index (χ1) is 10.2. The van der Waals surface area contributed by atoms with Crippen LogP contribution in [0.5, 0.6) is 0 Å². The van der Waals surface area contributed by atoms with Gasteiger partial charge in [-0.1, -0.05) is 24.3 Å². The van der Waals surface area contributed by atoms with Crippen LogP contribution in [0.1, 0.15) is 16.7 Å². The molecule has 1 aliphatic rings. The zero-order valence-electron chi connectivity index (χ0n) is 11.4. The van der Waals surface area contributed by atoms with Crippen LogP contribution in [-0.4, -0.2) is 16.9 Å². The van der Waals surface area contributed by atoms with Crippen LogP contribution < -0.4 is 10.6 Å². The number of aromatic nitrogens is 1. The molecule has 1 amide bonds. The first kappa shape index (κ1) is 13.1. The Hall–Kier alpha value is -2.87. The number of hydrogen-bond acceptors (Lipinski definition) is 4. The topological polar surface area (TPSA) is 83.0 Å². The fraction of sp³-hybridized carbons (Fsp3) is 0.188. The van der Waals surface area contributed by atoms with Gasteiger partial charge in [-0.2, -0.15) is 5.26 Å². The Balaban J connectivity index is 2.08. The Bertz CT molecular complexity index is 735. The lowest BCUT2D eigenvalue weighted by Crippen LogP contribution is -2.49. The van der Waals surface area contributed by atoms with Gasteiger partial charge in [0.05, 0.1) is 5.56 Å². The number of benzene rings is 1. The minimum absolute atomic E-state index is 0.404. The van der Waals surface area contributed by atoms with Gasteiger partial charge in [-0.05, 0) is 23.3 Å². The van der Waals surface area contributed by atoms with E-state index in [1.807, 2.05) is 29.2 Å². The zero-order chi connectivity index (χ0) is 14.8. The lowest BCUT2D eigenvalue weighted by Gasteiger charge is -2.36. The maximum Gasteiger partial charge on any atom is 0.240 e. The van der Waals surface area contributed by atoms with Crippen LogP contribution in [0.3, 0.4) is 0 Å². The number of amides is 1. The van der Waals surface area contributed by atoms with Crippen LogP contribution >= 0.6 is 0 Å². The van der Waals surface area contributed by atoms with Crippen molar-refractivity contribution in [3.05, 3.63) is 59.3 Å². The molecule has 0 unspecified atom stereocenters. The minimum atomic E-state index is -0.484. The number of rotatable bonds is 2. The molecule has 0 aliphatic carbocycles. The molecular formula is C16H14N4O. The van der Waals surface area contributed by atoms with Gasteiger partial charge in [0.2, 0.25) is 5.91 Å². The highest BCUT2D eigenvalue weighted by Gasteiger charge is 2.32. The molecule has 3 rings (SSSR count). The van der Waals surface area contributed by atoms with Gasteiger partial charge in [-0.15, -0.1) is 0 Å². The summed E-state index contributed by atoms with van der Waals surface area (Å²) in [5, 5.41) is 9.24. The number of anilines is 1. The molecule has 0 saturated carbocycles. The number of nitrogens with zero attached hydrogens (tertiary/aromatic N) is 3. The van der Waals surface area contributed by atoms with E-state index in [0.29, 0.717) is 24.3 Å². The van der Waals surface area contributed by atoms with Gasteiger partial charge in [-0.25, -0.2) is 4.98 Å². The van der Waals surface area contributed by atoms with E-state index in [0.717, 1.165) is 11.1 Å². The van der Waals surface area contributed by atoms with Crippen molar-refractivity contribution in [3.63, 3.8) is 0 Å². The van der Waals surface area contributed by atoms with Crippen molar-refractivity contribution in [3.8, 4) is 6.07 Å². The van der Waals surface area contributed by atoms with Crippen molar-refractivity contribution in [2.75, 3.05) is 4.90 Å². The number of nitriles is 1. The van der Waals surface area contributed by atoms with Gasteiger partial charge < -0.3 is 10.6 Å². The highest BCUT2D eigenvalue weighted by Crippen LogP contribution is 2.29. The number of primary amides is 1. The molecule has 2 aromatic rings. The van der Waals surface area contributed by atoms with Gasteiger partial charge >= 0.3 is 0 Å². The van der Waals surface area contributed by atoms with E-state index in [1.54, 1.807) is 18.3 Å². The summed E-state index contributed by atoms with van der Waals surface area (Å²) in [5.74, 6) is 0.109. The smallest absolute Gasteiger partial charge is 0.240 e. The van der Waals surface area contributed by atoms with E-state index < -0.39 is 11.9 Å². The van der Waals surface area contributed by atoms with Crippen LogP contribution in [-0.2, 0) is 17.8 Å². The predicted molar refractivity (Wildman–Crippen MR) is 78.3 cm³/mol. The molecule has 1 aromatic carbocycles. The van der Waals surface area contributed by atoms with Gasteiger partial charge in [0.15, 0.2) is 0 Å². The average molecular weight is 278 g/mol. The van der Waals surface area contributed by atoms with Gasteiger partial charge in [0, 0.05) is 19.2 Å². The molecule has 1 atom stereocenters. The Morgan fingerprint density at radius 1 is 1.29 bits per heavy atom. The minimum Gasteiger partial charge on any atom is -0.368 e. The van der Waals surface area contributed by atoms with Crippen molar-refractivity contribution >= 4 is 11.7 Å². The first-order valence-corrected chi connectivity index (χ1v) is 6.68. The zero-order valence-corrected chi connectivity index (χ0v) is 11.4. The third-order valence-electron chi connectivity index (χ3n) is 3.76. The quantitative estimate of drug-likeness (QED) is 0.899. The summed E-state index contributed by atoms with van der Waals surface area (Å²) in [7, 11) is 0. The van der Waals surface area contributed by atoms with Crippen molar-refractivity contribution in [2.45, 2.75) is 19.0 Å². The number of nitrogens with two attached hydrogens (primary N) is 1. The van der Waals surface area contributed by atoms with E-state index >= 15 is 0 Å². The van der Waals surface area contributed by atoms with Gasteiger partial charge in [0.1, 0.15) is 17.9 Å². The molecule has 0 radical (unpaired) electrons. The molecule has 5 nitrogen and oxygen atoms in total. The van der Waals surface area contributed by atoms with Crippen LogP contribution in [0.4, 0.5) is 5.82 Å². The Morgan fingerprint density at radius 2 is 2.05 bits per heavy atom. The second kappa shape index (κ2) is 5.25. The molecule has 0 saturated heterocycles.